The number of rotatable bonds is 5. The molecule has 7 heteroatoms. The van der Waals surface area contributed by atoms with Gasteiger partial charge in [0.1, 0.15) is 5.82 Å². The molecule has 3 aromatic rings. The molecule has 2 aromatic heterocycles. The lowest BCUT2D eigenvalue weighted by Gasteiger charge is -2.19. The number of aromatic nitrogens is 2. The van der Waals surface area contributed by atoms with E-state index in [-0.39, 0.29) is 5.91 Å². The monoisotopic (exact) mass is 402 g/mol. The third kappa shape index (κ3) is 3.98. The van der Waals surface area contributed by atoms with E-state index in [1.165, 1.54) is 0 Å². The number of amides is 1. The van der Waals surface area contributed by atoms with Crippen molar-refractivity contribution in [3.8, 4) is 0 Å². The van der Waals surface area contributed by atoms with Gasteiger partial charge in [-0.15, -0.1) is 11.3 Å². The van der Waals surface area contributed by atoms with Crippen LogP contribution in [0.5, 0.6) is 0 Å². The first-order valence-corrected chi connectivity index (χ1v) is 8.97. The average molecular weight is 403 g/mol. The molecule has 0 atom stereocenters. The Balaban J connectivity index is 1.80. The lowest BCUT2D eigenvalue weighted by molar-refractivity contribution is 0.102. The first kappa shape index (κ1) is 16.6. The van der Waals surface area contributed by atoms with Crippen LogP contribution in [0.4, 0.5) is 11.5 Å². The van der Waals surface area contributed by atoms with E-state index < -0.39 is 0 Å². The Hall–Kier alpha value is -2.25. The highest BCUT2D eigenvalue weighted by atomic mass is 79.9. The zero-order valence-electron chi connectivity index (χ0n) is 12.9. The number of halogens is 1. The maximum absolute atomic E-state index is 12.6. The van der Waals surface area contributed by atoms with Gasteiger partial charge in [0.05, 0.1) is 23.3 Å². The molecule has 1 aromatic carbocycles. The third-order valence-corrected chi connectivity index (χ3v) is 4.54. The van der Waals surface area contributed by atoms with E-state index in [4.69, 9.17) is 0 Å². The minimum atomic E-state index is -0.189. The molecule has 0 spiro atoms. The van der Waals surface area contributed by atoms with Gasteiger partial charge in [0.15, 0.2) is 0 Å². The van der Waals surface area contributed by atoms with Crippen molar-refractivity contribution in [2.75, 3.05) is 17.3 Å². The molecular weight excluding hydrogens is 388 g/mol. The zero-order chi connectivity index (χ0) is 16.9. The molecule has 0 unspecified atom stereocenters. The van der Waals surface area contributed by atoms with Gasteiger partial charge in [0, 0.05) is 28.8 Å². The van der Waals surface area contributed by atoms with Crippen molar-refractivity contribution in [2.45, 2.75) is 6.54 Å². The smallest absolute Gasteiger partial charge is 0.259 e. The summed E-state index contributed by atoms with van der Waals surface area (Å²) in [4.78, 5) is 23.2. The van der Waals surface area contributed by atoms with Gasteiger partial charge in [0.25, 0.3) is 5.91 Å². The number of nitrogens with one attached hydrogen (secondary N) is 1. The van der Waals surface area contributed by atoms with Crippen molar-refractivity contribution in [3.05, 3.63) is 69.2 Å². The minimum Gasteiger partial charge on any atom is -0.353 e. The number of hydrogen-bond donors (Lipinski definition) is 1. The molecular formula is C17H15BrN4OS. The number of thiazole rings is 1. The summed E-state index contributed by atoms with van der Waals surface area (Å²) in [5.41, 5.74) is 4.01. The molecule has 0 bridgehead atoms. The molecule has 0 saturated heterocycles. The molecule has 1 amide bonds. The fourth-order valence-corrected chi connectivity index (χ4v) is 3.06. The van der Waals surface area contributed by atoms with E-state index >= 15 is 0 Å². The number of hydrogen-bond acceptors (Lipinski definition) is 5. The van der Waals surface area contributed by atoms with Crippen LogP contribution in [0, 0.1) is 0 Å². The Labute approximate surface area is 152 Å². The summed E-state index contributed by atoms with van der Waals surface area (Å²) in [5.74, 6) is 0.436. The van der Waals surface area contributed by atoms with Crippen LogP contribution in [-0.4, -0.2) is 22.9 Å². The fourth-order valence-electron chi connectivity index (χ4n) is 2.24. The second-order valence-corrected chi connectivity index (χ2v) is 6.81. The van der Waals surface area contributed by atoms with E-state index in [9.17, 15) is 4.79 Å². The molecule has 0 saturated carbocycles. The number of carbonyl (C=O) groups is 1. The van der Waals surface area contributed by atoms with Gasteiger partial charge in [-0.05, 0) is 36.4 Å². The molecule has 1 N–H and O–H groups in total. The van der Waals surface area contributed by atoms with Gasteiger partial charge in [-0.25, -0.2) is 9.97 Å². The summed E-state index contributed by atoms with van der Waals surface area (Å²) in [7, 11) is 1.90. The van der Waals surface area contributed by atoms with Crippen LogP contribution in [0.25, 0.3) is 0 Å². The highest BCUT2D eigenvalue weighted by Gasteiger charge is 2.16. The van der Waals surface area contributed by atoms with Crippen LogP contribution in [0.1, 0.15) is 16.1 Å². The van der Waals surface area contributed by atoms with Crippen LogP contribution in [0.15, 0.2) is 58.0 Å². The Morgan fingerprint density at radius 3 is 2.75 bits per heavy atom. The number of nitrogens with zero attached hydrogens (tertiary/aromatic N) is 3. The summed E-state index contributed by atoms with van der Waals surface area (Å²) < 4.78 is 0.963. The molecule has 0 aliphatic rings. The standard InChI is InChI=1S/C17H15BrN4OS/c1-22(9-14-10-24-11-20-14)16-15(3-2-8-19-16)17(23)21-13-6-4-12(18)5-7-13/h2-8,10-11H,9H2,1H3,(H,21,23). The van der Waals surface area contributed by atoms with E-state index in [0.717, 1.165) is 15.9 Å². The number of anilines is 2. The lowest BCUT2D eigenvalue weighted by atomic mass is 10.2. The molecule has 2 heterocycles. The van der Waals surface area contributed by atoms with Crippen LogP contribution in [-0.2, 0) is 6.54 Å². The normalized spacial score (nSPS) is 10.4. The molecule has 3 rings (SSSR count). The summed E-state index contributed by atoms with van der Waals surface area (Å²) >= 11 is 4.93. The maximum Gasteiger partial charge on any atom is 0.259 e. The van der Waals surface area contributed by atoms with Crippen LogP contribution < -0.4 is 10.2 Å². The summed E-state index contributed by atoms with van der Waals surface area (Å²) in [6.45, 7) is 0.596. The zero-order valence-corrected chi connectivity index (χ0v) is 15.3. The predicted octanol–water partition coefficient (Wildman–Crippen LogP) is 4.19. The van der Waals surface area contributed by atoms with Gasteiger partial charge < -0.3 is 10.2 Å². The Morgan fingerprint density at radius 1 is 1.25 bits per heavy atom. The van der Waals surface area contributed by atoms with Crippen LogP contribution in [0.3, 0.4) is 0 Å². The first-order valence-electron chi connectivity index (χ1n) is 7.23. The second-order valence-electron chi connectivity index (χ2n) is 5.17. The Morgan fingerprint density at radius 2 is 2.04 bits per heavy atom. The highest BCUT2D eigenvalue weighted by Crippen LogP contribution is 2.20. The lowest BCUT2D eigenvalue weighted by Crippen LogP contribution is -2.23. The first-order chi connectivity index (χ1) is 11.6. The average Bonchev–Trinajstić information content (AvgIpc) is 3.10. The third-order valence-electron chi connectivity index (χ3n) is 3.38. The summed E-state index contributed by atoms with van der Waals surface area (Å²) in [6, 6.07) is 11.0. The molecule has 0 aliphatic carbocycles. The summed E-state index contributed by atoms with van der Waals surface area (Å²) in [6.07, 6.45) is 1.68. The molecule has 0 aliphatic heterocycles. The molecule has 0 fully saturated rings. The fraction of sp³-hybridized carbons (Fsp3) is 0.118. The van der Waals surface area contributed by atoms with E-state index in [1.54, 1.807) is 35.2 Å². The van der Waals surface area contributed by atoms with Gasteiger partial charge in [-0.3, -0.25) is 4.79 Å². The number of pyridine rings is 1. The minimum absolute atomic E-state index is 0.189. The van der Waals surface area contributed by atoms with Crippen molar-refractivity contribution in [1.29, 1.82) is 0 Å². The second kappa shape index (κ2) is 7.55. The number of benzene rings is 1. The van der Waals surface area contributed by atoms with Crippen molar-refractivity contribution < 1.29 is 4.79 Å². The largest absolute Gasteiger partial charge is 0.353 e. The van der Waals surface area contributed by atoms with Crippen LogP contribution in [0.2, 0.25) is 0 Å². The van der Waals surface area contributed by atoms with Gasteiger partial charge in [-0.2, -0.15) is 0 Å². The quantitative estimate of drug-likeness (QED) is 0.694. The highest BCUT2D eigenvalue weighted by molar-refractivity contribution is 9.10. The van der Waals surface area contributed by atoms with Gasteiger partial charge >= 0.3 is 0 Å². The predicted molar refractivity (Wildman–Crippen MR) is 101 cm³/mol. The SMILES string of the molecule is CN(Cc1cscn1)c1ncccc1C(=O)Nc1ccc(Br)cc1. The molecule has 5 nitrogen and oxygen atoms in total. The molecule has 0 radical (unpaired) electrons. The van der Waals surface area contributed by atoms with Crippen molar-refractivity contribution in [2.24, 2.45) is 0 Å². The van der Waals surface area contributed by atoms with Crippen molar-refractivity contribution >= 4 is 44.7 Å². The van der Waals surface area contributed by atoms with Crippen molar-refractivity contribution in [1.82, 2.24) is 9.97 Å². The van der Waals surface area contributed by atoms with Gasteiger partial charge in [0.2, 0.25) is 0 Å². The van der Waals surface area contributed by atoms with E-state index in [2.05, 4.69) is 31.2 Å². The molecule has 122 valence electrons. The van der Waals surface area contributed by atoms with E-state index in [0.29, 0.717) is 17.9 Å². The number of carbonyl (C=O) groups excluding carboxylic acids is 1. The maximum atomic E-state index is 12.6. The van der Waals surface area contributed by atoms with Crippen molar-refractivity contribution in [3.63, 3.8) is 0 Å². The van der Waals surface area contributed by atoms with Crippen LogP contribution >= 0.6 is 27.3 Å². The Kier molecular flexibility index (Phi) is 5.22. The summed E-state index contributed by atoms with van der Waals surface area (Å²) in [5, 5.41) is 4.89. The molecule has 24 heavy (non-hydrogen) atoms. The Bertz CT molecular complexity index is 821. The topological polar surface area (TPSA) is 58.1 Å². The van der Waals surface area contributed by atoms with E-state index in [1.807, 2.05) is 41.6 Å². The van der Waals surface area contributed by atoms with Gasteiger partial charge in [-0.1, -0.05) is 15.9 Å².